The molecule has 7 heteroatoms. The van der Waals surface area contributed by atoms with Crippen LogP contribution in [-0.2, 0) is 11.2 Å². The van der Waals surface area contributed by atoms with Gasteiger partial charge in [-0.1, -0.05) is 30.9 Å². The predicted molar refractivity (Wildman–Crippen MR) is 94.7 cm³/mol. The lowest BCUT2D eigenvalue weighted by Crippen LogP contribution is -2.20. The molecule has 0 aliphatic heterocycles. The molecule has 2 aromatic rings. The van der Waals surface area contributed by atoms with Crippen LogP contribution in [0.15, 0.2) is 66.3 Å². The SMILES string of the molecule is C=CCOc1ccc(C=NNC(=O)Cc2ccccc2[N+](=O)[O-])cc1. The highest BCUT2D eigenvalue weighted by Gasteiger charge is 2.14. The van der Waals surface area contributed by atoms with Crippen LogP contribution in [-0.4, -0.2) is 23.7 Å². The van der Waals surface area contributed by atoms with Crippen molar-refractivity contribution in [2.75, 3.05) is 6.61 Å². The van der Waals surface area contributed by atoms with Gasteiger partial charge in [-0.05, 0) is 29.8 Å². The summed E-state index contributed by atoms with van der Waals surface area (Å²) < 4.78 is 5.36. The molecule has 0 atom stereocenters. The Morgan fingerprint density at radius 3 is 2.64 bits per heavy atom. The average Bonchev–Trinajstić information content (AvgIpc) is 2.61. The van der Waals surface area contributed by atoms with Crippen molar-refractivity contribution in [3.8, 4) is 5.75 Å². The van der Waals surface area contributed by atoms with E-state index >= 15 is 0 Å². The van der Waals surface area contributed by atoms with Gasteiger partial charge in [-0.3, -0.25) is 14.9 Å². The van der Waals surface area contributed by atoms with E-state index in [2.05, 4.69) is 17.1 Å². The molecule has 0 aliphatic carbocycles. The maximum absolute atomic E-state index is 11.9. The third kappa shape index (κ3) is 5.58. The third-order valence-corrected chi connectivity index (χ3v) is 3.19. The highest BCUT2D eigenvalue weighted by molar-refractivity contribution is 5.83. The largest absolute Gasteiger partial charge is 0.490 e. The van der Waals surface area contributed by atoms with Gasteiger partial charge in [0.1, 0.15) is 12.4 Å². The molecular formula is C18H17N3O4. The second kappa shape index (κ2) is 8.97. The fourth-order valence-corrected chi connectivity index (χ4v) is 2.04. The summed E-state index contributed by atoms with van der Waals surface area (Å²) >= 11 is 0. The summed E-state index contributed by atoms with van der Waals surface area (Å²) in [5.41, 5.74) is 3.38. The first kappa shape index (κ1) is 17.9. The maximum Gasteiger partial charge on any atom is 0.273 e. The molecule has 128 valence electrons. The molecule has 2 rings (SSSR count). The molecule has 0 bridgehead atoms. The van der Waals surface area contributed by atoms with E-state index in [1.54, 1.807) is 48.5 Å². The number of carbonyl (C=O) groups is 1. The van der Waals surface area contributed by atoms with Crippen molar-refractivity contribution in [3.63, 3.8) is 0 Å². The second-order valence-corrected chi connectivity index (χ2v) is 5.02. The van der Waals surface area contributed by atoms with Crippen molar-refractivity contribution < 1.29 is 14.5 Å². The lowest BCUT2D eigenvalue weighted by Gasteiger charge is -2.03. The molecule has 0 unspecified atom stereocenters. The van der Waals surface area contributed by atoms with E-state index in [9.17, 15) is 14.9 Å². The van der Waals surface area contributed by atoms with Crippen LogP contribution in [0.25, 0.3) is 0 Å². The van der Waals surface area contributed by atoms with Gasteiger partial charge < -0.3 is 4.74 Å². The first-order valence-electron chi connectivity index (χ1n) is 7.48. The van der Waals surface area contributed by atoms with Gasteiger partial charge in [0.2, 0.25) is 5.91 Å². The summed E-state index contributed by atoms with van der Waals surface area (Å²) in [6.45, 7) is 4.00. The Hall–Kier alpha value is -3.48. The van der Waals surface area contributed by atoms with Gasteiger partial charge in [0.25, 0.3) is 5.69 Å². The number of benzene rings is 2. The van der Waals surface area contributed by atoms with Crippen LogP contribution < -0.4 is 10.2 Å². The monoisotopic (exact) mass is 339 g/mol. The van der Waals surface area contributed by atoms with Crippen LogP contribution in [0, 0.1) is 10.1 Å². The number of nitro groups is 1. The Kier molecular flexibility index (Phi) is 6.41. The number of amides is 1. The van der Waals surface area contributed by atoms with Crippen LogP contribution >= 0.6 is 0 Å². The van der Waals surface area contributed by atoms with E-state index in [-0.39, 0.29) is 12.1 Å². The molecule has 25 heavy (non-hydrogen) atoms. The van der Waals surface area contributed by atoms with Crippen LogP contribution in [0.4, 0.5) is 5.69 Å². The van der Waals surface area contributed by atoms with Crippen molar-refractivity contribution in [2.45, 2.75) is 6.42 Å². The molecule has 0 radical (unpaired) electrons. The summed E-state index contributed by atoms with van der Waals surface area (Å²) in [6.07, 6.45) is 3.01. The zero-order chi connectivity index (χ0) is 18.1. The molecule has 0 heterocycles. The summed E-state index contributed by atoms with van der Waals surface area (Å²) in [6, 6.07) is 13.2. The minimum absolute atomic E-state index is 0.0863. The maximum atomic E-state index is 11.9. The van der Waals surface area contributed by atoms with Gasteiger partial charge in [-0.25, -0.2) is 5.43 Å². The van der Waals surface area contributed by atoms with Crippen LogP contribution in [0.5, 0.6) is 5.75 Å². The van der Waals surface area contributed by atoms with Crippen molar-refractivity contribution in [1.29, 1.82) is 0 Å². The molecule has 0 saturated carbocycles. The number of para-hydroxylation sites is 1. The number of nitrogens with one attached hydrogen (secondary N) is 1. The number of rotatable bonds is 8. The number of hydrogen-bond donors (Lipinski definition) is 1. The minimum atomic E-state index is -0.512. The normalized spacial score (nSPS) is 10.4. The number of hydrogen-bond acceptors (Lipinski definition) is 5. The predicted octanol–water partition coefficient (Wildman–Crippen LogP) is 2.85. The van der Waals surface area contributed by atoms with Gasteiger partial charge in [-0.2, -0.15) is 5.10 Å². The lowest BCUT2D eigenvalue weighted by atomic mass is 10.1. The molecule has 1 amide bonds. The van der Waals surface area contributed by atoms with Crippen molar-refractivity contribution in [2.24, 2.45) is 5.10 Å². The molecule has 1 N–H and O–H groups in total. The van der Waals surface area contributed by atoms with Gasteiger partial charge >= 0.3 is 0 Å². The Balaban J connectivity index is 1.90. The first-order chi connectivity index (χ1) is 12.1. The second-order valence-electron chi connectivity index (χ2n) is 5.02. The standard InChI is InChI=1S/C18H17N3O4/c1-2-11-25-16-9-7-14(8-10-16)13-19-20-18(22)12-15-5-3-4-6-17(15)21(23)24/h2-10,13H,1,11-12H2,(H,20,22). The van der Waals surface area contributed by atoms with Gasteiger partial charge in [0, 0.05) is 11.6 Å². The number of nitrogens with zero attached hydrogens (tertiary/aromatic N) is 2. The molecule has 7 nitrogen and oxygen atoms in total. The Morgan fingerprint density at radius 2 is 1.96 bits per heavy atom. The van der Waals surface area contributed by atoms with Gasteiger partial charge in [0.15, 0.2) is 0 Å². The molecule has 2 aromatic carbocycles. The van der Waals surface area contributed by atoms with Crippen LogP contribution in [0.2, 0.25) is 0 Å². The van der Waals surface area contributed by atoms with E-state index < -0.39 is 10.8 Å². The van der Waals surface area contributed by atoms with Crippen LogP contribution in [0.3, 0.4) is 0 Å². The summed E-state index contributed by atoms with van der Waals surface area (Å²) in [7, 11) is 0. The Bertz CT molecular complexity index is 785. The van der Waals surface area contributed by atoms with Crippen LogP contribution in [0.1, 0.15) is 11.1 Å². The molecule has 0 aromatic heterocycles. The molecule has 0 spiro atoms. The van der Waals surface area contributed by atoms with E-state index in [1.165, 1.54) is 12.3 Å². The number of hydrazone groups is 1. The Morgan fingerprint density at radius 1 is 1.24 bits per heavy atom. The Labute approximate surface area is 144 Å². The fourth-order valence-electron chi connectivity index (χ4n) is 2.04. The fraction of sp³-hybridized carbons (Fsp3) is 0.111. The molecule has 0 saturated heterocycles. The topological polar surface area (TPSA) is 93.8 Å². The summed E-state index contributed by atoms with van der Waals surface area (Å²) in [5.74, 6) is 0.272. The number of ether oxygens (including phenoxy) is 1. The molecule has 0 aliphatic rings. The van der Waals surface area contributed by atoms with Gasteiger partial charge in [0.05, 0.1) is 17.6 Å². The zero-order valence-electron chi connectivity index (χ0n) is 13.4. The average molecular weight is 339 g/mol. The van der Waals surface area contributed by atoms with E-state index in [1.807, 2.05) is 0 Å². The molecule has 0 fully saturated rings. The van der Waals surface area contributed by atoms with E-state index in [0.717, 1.165) is 5.56 Å². The van der Waals surface area contributed by atoms with Gasteiger partial charge in [-0.15, -0.1) is 0 Å². The summed E-state index contributed by atoms with van der Waals surface area (Å²) in [4.78, 5) is 22.3. The first-order valence-corrected chi connectivity index (χ1v) is 7.48. The third-order valence-electron chi connectivity index (χ3n) is 3.19. The highest BCUT2D eigenvalue weighted by Crippen LogP contribution is 2.17. The van der Waals surface area contributed by atoms with Crippen molar-refractivity contribution in [1.82, 2.24) is 5.43 Å². The number of carbonyl (C=O) groups excluding carboxylic acids is 1. The van der Waals surface area contributed by atoms with Crippen molar-refractivity contribution >= 4 is 17.8 Å². The quantitative estimate of drug-likeness (QED) is 0.346. The zero-order valence-corrected chi connectivity index (χ0v) is 13.4. The number of nitro benzene ring substituents is 1. The van der Waals surface area contributed by atoms with E-state index in [4.69, 9.17) is 4.74 Å². The van der Waals surface area contributed by atoms with Crippen molar-refractivity contribution in [3.05, 3.63) is 82.4 Å². The lowest BCUT2D eigenvalue weighted by molar-refractivity contribution is -0.385. The highest BCUT2D eigenvalue weighted by atomic mass is 16.6. The smallest absolute Gasteiger partial charge is 0.273 e. The molecular weight excluding hydrogens is 322 g/mol. The summed E-state index contributed by atoms with van der Waals surface area (Å²) in [5, 5.41) is 14.8. The minimum Gasteiger partial charge on any atom is -0.490 e. The van der Waals surface area contributed by atoms with E-state index in [0.29, 0.717) is 17.9 Å².